The van der Waals surface area contributed by atoms with Crippen molar-refractivity contribution in [2.45, 2.75) is 63.4 Å². The minimum absolute atomic E-state index is 0.0567. The zero-order valence-corrected chi connectivity index (χ0v) is 23.8. The molecule has 37 heavy (non-hydrogen) atoms. The maximum Gasteiger partial charge on any atom is 0.322 e. The number of carbonyl (C=O) groups is 1. The van der Waals surface area contributed by atoms with Crippen molar-refractivity contribution in [1.82, 2.24) is 14.6 Å². The Kier molecular flexibility index (Phi) is 8.89. The van der Waals surface area contributed by atoms with Crippen LogP contribution in [0.4, 0.5) is 10.5 Å². The van der Waals surface area contributed by atoms with Crippen LogP contribution in [0.1, 0.15) is 46.5 Å². The molecular weight excluding hydrogens is 529 g/mol. The molecule has 0 bridgehead atoms. The van der Waals surface area contributed by atoms with Gasteiger partial charge >= 0.3 is 6.03 Å². The number of thiazole rings is 1. The molecule has 1 aliphatic heterocycles. The Balaban J connectivity index is 1.36. The fourth-order valence-electron chi connectivity index (χ4n) is 4.41. The van der Waals surface area contributed by atoms with Gasteiger partial charge in [-0.1, -0.05) is 13.3 Å². The lowest BCUT2D eigenvalue weighted by Crippen LogP contribution is -2.51. The third-order valence-electron chi connectivity index (χ3n) is 6.43. The summed E-state index contributed by atoms with van der Waals surface area (Å²) < 4.78 is 35.2. The van der Waals surface area contributed by atoms with Crippen molar-refractivity contribution in [2.24, 2.45) is 0 Å². The van der Waals surface area contributed by atoms with Gasteiger partial charge < -0.3 is 15.0 Å². The highest BCUT2D eigenvalue weighted by Crippen LogP contribution is 2.28. The van der Waals surface area contributed by atoms with Crippen molar-refractivity contribution in [3.63, 3.8) is 0 Å². The Bertz CT molecular complexity index is 1370. The van der Waals surface area contributed by atoms with E-state index in [1.165, 1.54) is 15.6 Å². The van der Waals surface area contributed by atoms with E-state index in [-0.39, 0.29) is 23.0 Å². The molecule has 8 nitrogen and oxygen atoms in total. The van der Waals surface area contributed by atoms with E-state index in [1.54, 1.807) is 29.2 Å². The second-order valence-corrected chi connectivity index (χ2v) is 13.1. The summed E-state index contributed by atoms with van der Waals surface area (Å²) in [5.74, 6) is 0.671. The van der Waals surface area contributed by atoms with Crippen molar-refractivity contribution < 1.29 is 17.9 Å². The van der Waals surface area contributed by atoms with Crippen molar-refractivity contribution in [2.75, 3.05) is 24.6 Å². The molecule has 1 fully saturated rings. The van der Waals surface area contributed by atoms with Gasteiger partial charge in [-0.3, -0.25) is 4.90 Å². The molecule has 2 aromatic carbocycles. The number of hydrogen-bond donors (Lipinski definition) is 2. The number of rotatable bonds is 9. The summed E-state index contributed by atoms with van der Waals surface area (Å²) in [6, 6.07) is 12.1. The van der Waals surface area contributed by atoms with Gasteiger partial charge in [0.25, 0.3) is 0 Å². The molecule has 2 N–H and O–H groups in total. The molecule has 0 radical (unpaired) electrons. The first kappa shape index (κ1) is 27.6. The van der Waals surface area contributed by atoms with E-state index < -0.39 is 10.0 Å². The summed E-state index contributed by atoms with van der Waals surface area (Å²) in [7, 11) is -3.60. The van der Waals surface area contributed by atoms with Gasteiger partial charge in [-0.05, 0) is 87.8 Å². The first-order chi connectivity index (χ1) is 17.7. The number of sulfonamides is 1. The molecule has 11 heteroatoms. The van der Waals surface area contributed by atoms with Crippen LogP contribution < -0.4 is 15.0 Å². The van der Waals surface area contributed by atoms with Crippen LogP contribution in [0.3, 0.4) is 0 Å². The summed E-state index contributed by atoms with van der Waals surface area (Å²) in [5.41, 5.74) is 1.75. The Hall–Kier alpha value is -2.47. The lowest BCUT2D eigenvalue weighted by atomic mass is 10.1. The molecule has 1 saturated heterocycles. The first-order valence-electron chi connectivity index (χ1n) is 12.6. The van der Waals surface area contributed by atoms with Crippen molar-refractivity contribution in [3.8, 4) is 5.75 Å². The van der Waals surface area contributed by atoms with E-state index in [1.807, 2.05) is 32.0 Å². The van der Waals surface area contributed by atoms with E-state index in [0.717, 1.165) is 28.7 Å². The number of H-pyrrole nitrogens is 1. The second kappa shape index (κ2) is 11.9. The highest BCUT2D eigenvalue weighted by atomic mass is 32.2. The van der Waals surface area contributed by atoms with Gasteiger partial charge in [0.05, 0.1) is 21.7 Å². The zero-order valence-electron chi connectivity index (χ0n) is 21.4. The van der Waals surface area contributed by atoms with Gasteiger partial charge in [-0.25, -0.2) is 13.2 Å². The molecule has 2 amide bonds. The number of hydrogen-bond acceptors (Lipinski definition) is 6. The molecule has 3 aromatic rings. The smallest absolute Gasteiger partial charge is 0.322 e. The Morgan fingerprint density at radius 1 is 1.22 bits per heavy atom. The minimum Gasteiger partial charge on any atom is -0.494 e. The van der Waals surface area contributed by atoms with Gasteiger partial charge in [-0.2, -0.15) is 4.31 Å². The van der Waals surface area contributed by atoms with Gasteiger partial charge in [0.2, 0.25) is 10.0 Å². The number of aromatic nitrogens is 1. The number of nitrogens with one attached hydrogen (secondary N) is 2. The Morgan fingerprint density at radius 3 is 2.57 bits per heavy atom. The van der Waals surface area contributed by atoms with Crippen LogP contribution in [0.5, 0.6) is 5.75 Å². The van der Waals surface area contributed by atoms with Gasteiger partial charge in [-0.15, -0.1) is 11.3 Å². The zero-order chi connectivity index (χ0) is 26.6. The van der Waals surface area contributed by atoms with Crippen LogP contribution in [0.15, 0.2) is 47.4 Å². The van der Waals surface area contributed by atoms with E-state index in [0.29, 0.717) is 42.2 Å². The Morgan fingerprint density at radius 2 is 1.92 bits per heavy atom. The summed E-state index contributed by atoms with van der Waals surface area (Å²) in [6.07, 6.45) is 3.10. The standard InChI is InChI=1S/C26H34N4O4S3/c1-4-5-16-34-21-7-9-22(10-8-21)37(32,33)29-14-12-19(13-15-29)27-25(31)30(18(2)3)20-6-11-23-24(17-20)36-26(35)28-23/h6-11,17-19H,4-5,12-16H2,1-3H3,(H,27,31)(H,28,35). The molecule has 0 atom stereocenters. The summed E-state index contributed by atoms with van der Waals surface area (Å²) >= 11 is 6.72. The molecule has 1 aliphatic rings. The van der Waals surface area contributed by atoms with Crippen LogP contribution in [0, 0.1) is 3.95 Å². The number of ether oxygens (including phenoxy) is 1. The number of piperidine rings is 1. The van der Waals surface area contributed by atoms with Crippen LogP contribution in [-0.4, -0.2) is 55.5 Å². The van der Waals surface area contributed by atoms with Crippen molar-refractivity contribution >= 4 is 55.5 Å². The van der Waals surface area contributed by atoms with Crippen molar-refractivity contribution in [1.29, 1.82) is 0 Å². The minimum atomic E-state index is -3.60. The van der Waals surface area contributed by atoms with Gasteiger partial charge in [0.15, 0.2) is 3.95 Å². The third kappa shape index (κ3) is 6.51. The normalized spacial score (nSPS) is 15.2. The number of nitrogens with zero attached hydrogens (tertiary/aromatic N) is 2. The summed E-state index contributed by atoms with van der Waals surface area (Å²) in [5, 5.41) is 3.12. The summed E-state index contributed by atoms with van der Waals surface area (Å²) in [6.45, 7) is 7.35. The van der Waals surface area contributed by atoms with Crippen molar-refractivity contribution in [3.05, 3.63) is 46.4 Å². The van der Waals surface area contributed by atoms with E-state index in [4.69, 9.17) is 17.0 Å². The molecule has 4 rings (SSSR count). The number of carbonyl (C=O) groups excluding carboxylic acids is 1. The SMILES string of the molecule is CCCCOc1ccc(S(=O)(=O)N2CCC(NC(=O)N(c3ccc4[nH]c(=S)sc4c3)C(C)C)CC2)cc1. The number of benzene rings is 2. The lowest BCUT2D eigenvalue weighted by Gasteiger charge is -2.34. The highest BCUT2D eigenvalue weighted by molar-refractivity contribution is 7.89. The molecular formula is C26H34N4O4S3. The van der Waals surface area contributed by atoms with E-state index in [2.05, 4.69) is 17.2 Å². The molecule has 0 saturated carbocycles. The Labute approximate surface area is 227 Å². The highest BCUT2D eigenvalue weighted by Gasteiger charge is 2.31. The second-order valence-electron chi connectivity index (χ2n) is 9.46. The van der Waals surface area contributed by atoms with Gasteiger partial charge in [0, 0.05) is 30.9 Å². The molecule has 0 aliphatic carbocycles. The predicted octanol–water partition coefficient (Wildman–Crippen LogP) is 5.92. The van der Waals surface area contributed by atoms with Gasteiger partial charge in [0.1, 0.15) is 5.75 Å². The fraction of sp³-hybridized carbons (Fsp3) is 0.462. The summed E-state index contributed by atoms with van der Waals surface area (Å²) in [4.78, 5) is 18.4. The first-order valence-corrected chi connectivity index (χ1v) is 15.3. The monoisotopic (exact) mass is 562 g/mol. The van der Waals surface area contributed by atoms with E-state index >= 15 is 0 Å². The van der Waals surface area contributed by atoms with Crippen LogP contribution in [-0.2, 0) is 10.0 Å². The topological polar surface area (TPSA) is 94.7 Å². The molecule has 1 aromatic heterocycles. The van der Waals surface area contributed by atoms with Crippen LogP contribution in [0.2, 0.25) is 0 Å². The average Bonchev–Trinajstić information content (AvgIpc) is 3.24. The molecule has 200 valence electrons. The quantitative estimate of drug-likeness (QED) is 0.250. The fourth-order valence-corrected chi connectivity index (χ4v) is 7.03. The number of anilines is 1. The van der Waals surface area contributed by atoms with Crippen LogP contribution >= 0.6 is 23.6 Å². The predicted molar refractivity (Wildman–Crippen MR) is 152 cm³/mol. The number of fused-ring (bicyclic) bond motifs is 1. The average molecular weight is 563 g/mol. The maximum absolute atomic E-state index is 13.3. The number of unbranched alkanes of at least 4 members (excludes halogenated alkanes) is 1. The number of urea groups is 1. The lowest BCUT2D eigenvalue weighted by molar-refractivity contribution is 0.231. The largest absolute Gasteiger partial charge is 0.494 e. The number of aromatic amines is 1. The molecule has 0 unspecified atom stereocenters. The maximum atomic E-state index is 13.3. The molecule has 0 spiro atoms. The third-order valence-corrected chi connectivity index (χ3v) is 9.54. The van der Waals surface area contributed by atoms with E-state index in [9.17, 15) is 13.2 Å². The molecule has 2 heterocycles. The number of amides is 2. The van der Waals surface area contributed by atoms with Crippen LogP contribution in [0.25, 0.3) is 10.2 Å².